The third-order valence-corrected chi connectivity index (χ3v) is 2.54. The highest BCUT2D eigenvalue weighted by Gasteiger charge is 2.17. The summed E-state index contributed by atoms with van der Waals surface area (Å²) in [5.74, 6) is 0. The number of rotatable bonds is 4. The van der Waals surface area contributed by atoms with Crippen LogP contribution in [0.3, 0.4) is 0 Å². The van der Waals surface area contributed by atoms with Crippen molar-refractivity contribution in [2.75, 3.05) is 5.23 Å². The van der Waals surface area contributed by atoms with Crippen molar-refractivity contribution in [1.29, 1.82) is 0 Å². The van der Waals surface area contributed by atoms with Gasteiger partial charge in [-0.1, -0.05) is 11.6 Å². The number of anilines is 1. The molecule has 13 heavy (non-hydrogen) atoms. The lowest BCUT2D eigenvalue weighted by molar-refractivity contribution is 0.153. The zero-order chi connectivity index (χ0) is 9.84. The van der Waals surface area contributed by atoms with Crippen molar-refractivity contribution in [3.05, 3.63) is 15.3 Å². The first-order valence-electron chi connectivity index (χ1n) is 3.25. The van der Waals surface area contributed by atoms with E-state index in [4.69, 9.17) is 11.6 Å². The van der Waals surface area contributed by atoms with Crippen molar-refractivity contribution in [2.45, 2.75) is 6.43 Å². The van der Waals surface area contributed by atoms with Crippen molar-refractivity contribution >= 4 is 42.2 Å². The number of nitrogens with one attached hydrogen (secondary N) is 1. The lowest BCUT2D eigenvalue weighted by atomic mass is 9.98. The maximum atomic E-state index is 12.3. The Morgan fingerprint density at radius 3 is 2.92 bits per heavy atom. The van der Waals surface area contributed by atoms with E-state index in [-0.39, 0.29) is 15.6 Å². The van der Waals surface area contributed by atoms with Crippen LogP contribution in [0.4, 0.5) is 14.5 Å². The van der Waals surface area contributed by atoms with E-state index >= 15 is 0 Å². The van der Waals surface area contributed by atoms with Gasteiger partial charge in [-0.05, 0) is 0 Å². The predicted octanol–water partition coefficient (Wildman–Crippen LogP) is 2.56. The van der Waals surface area contributed by atoms with E-state index in [1.165, 1.54) is 5.38 Å². The Morgan fingerprint density at radius 2 is 2.38 bits per heavy atom. The predicted molar refractivity (Wildman–Crippen MR) is 50.4 cm³/mol. The summed E-state index contributed by atoms with van der Waals surface area (Å²) in [7, 11) is 1.01. The van der Waals surface area contributed by atoms with Crippen molar-refractivity contribution in [3.63, 3.8) is 0 Å². The normalized spacial score (nSPS) is 10.2. The highest BCUT2D eigenvalue weighted by molar-refractivity contribution is 7.15. The van der Waals surface area contributed by atoms with Gasteiger partial charge in [0.2, 0.25) is 0 Å². The summed E-state index contributed by atoms with van der Waals surface area (Å²) in [5.41, 5.74) is -0.0816. The molecule has 0 aliphatic carbocycles. The first kappa shape index (κ1) is 10.5. The van der Waals surface area contributed by atoms with Gasteiger partial charge in [0.25, 0.3) is 6.43 Å². The molecule has 0 aliphatic heterocycles. The summed E-state index contributed by atoms with van der Waals surface area (Å²) in [6.07, 6.45) is -2.13. The summed E-state index contributed by atoms with van der Waals surface area (Å²) in [5, 5.41) is 3.66. The topological polar surface area (TPSA) is 29.1 Å². The number of thiophene rings is 1. The Morgan fingerprint density at radius 1 is 1.69 bits per heavy atom. The average molecular weight is 222 g/mol. The standard InChI is InChI=1S/C6H4BClF2NOS/c8-5-4(11-7-2-12)3(1-13-5)6(9)10/h1-2,6,11H. The maximum absolute atomic E-state index is 12.3. The fourth-order valence-electron chi connectivity index (χ4n) is 0.765. The molecule has 1 heterocycles. The van der Waals surface area contributed by atoms with E-state index < -0.39 is 6.43 Å². The van der Waals surface area contributed by atoms with E-state index in [0.29, 0.717) is 6.19 Å². The molecule has 2 nitrogen and oxygen atoms in total. The van der Waals surface area contributed by atoms with E-state index in [0.717, 1.165) is 18.8 Å². The van der Waals surface area contributed by atoms with Gasteiger partial charge >= 0.3 is 7.41 Å². The van der Waals surface area contributed by atoms with Gasteiger partial charge in [-0.15, -0.1) is 11.3 Å². The Hall–Kier alpha value is -0.615. The average Bonchev–Trinajstić information content (AvgIpc) is 2.43. The van der Waals surface area contributed by atoms with E-state index in [9.17, 15) is 13.6 Å². The minimum atomic E-state index is -2.59. The minimum Gasteiger partial charge on any atom is -0.423 e. The van der Waals surface area contributed by atoms with Crippen LogP contribution in [0.25, 0.3) is 0 Å². The summed E-state index contributed by atoms with van der Waals surface area (Å²) in [6, 6.07) is 0. The molecule has 0 bridgehead atoms. The van der Waals surface area contributed by atoms with Crippen molar-refractivity contribution in [1.82, 2.24) is 0 Å². The molecule has 1 aromatic rings. The molecular formula is C6H4BClF2NOS. The molecule has 0 aromatic carbocycles. The molecule has 0 fully saturated rings. The molecule has 0 spiro atoms. The quantitative estimate of drug-likeness (QED) is 0.626. The largest absolute Gasteiger partial charge is 0.423 e. The second kappa shape index (κ2) is 4.57. The van der Waals surface area contributed by atoms with Gasteiger partial charge in [-0.2, -0.15) is 0 Å². The number of hydrogen-bond acceptors (Lipinski definition) is 3. The molecule has 1 radical (unpaired) electrons. The van der Waals surface area contributed by atoms with Crippen LogP contribution in [-0.2, 0) is 4.79 Å². The Bertz CT molecular complexity index is 307. The molecule has 0 saturated heterocycles. The van der Waals surface area contributed by atoms with Gasteiger partial charge in [-0.3, -0.25) is 0 Å². The monoisotopic (exact) mass is 222 g/mol. The number of carbonyl (C=O) groups is 1. The molecule has 1 aromatic heterocycles. The zero-order valence-corrected chi connectivity index (χ0v) is 7.83. The first-order chi connectivity index (χ1) is 6.16. The molecule has 0 aliphatic rings. The maximum Gasteiger partial charge on any atom is 0.326 e. The summed E-state index contributed by atoms with van der Waals surface area (Å²) >= 11 is 6.61. The molecule has 0 saturated carbocycles. The number of halogens is 3. The van der Waals surface area contributed by atoms with Crippen molar-refractivity contribution in [2.24, 2.45) is 0 Å². The number of hydrogen-bond donors (Lipinski definition) is 1. The van der Waals surface area contributed by atoms with Crippen LogP contribution >= 0.6 is 22.9 Å². The van der Waals surface area contributed by atoms with Gasteiger partial charge in [0.1, 0.15) is 10.5 Å². The minimum absolute atomic E-state index is 0.105. The van der Waals surface area contributed by atoms with Crippen molar-refractivity contribution in [3.8, 4) is 0 Å². The molecule has 1 rings (SSSR count). The SMILES string of the molecule is O=C[B]Nc1c(C(F)F)csc1Cl. The molecule has 1 N–H and O–H groups in total. The Balaban J connectivity index is 2.87. The Kier molecular flexibility index (Phi) is 3.68. The number of carbonyl (C=O) groups excluding carboxylic acids is 1. The molecular weight excluding hydrogens is 218 g/mol. The van der Waals surface area contributed by atoms with Crippen LogP contribution in [0, 0.1) is 0 Å². The highest BCUT2D eigenvalue weighted by Crippen LogP contribution is 2.38. The zero-order valence-electron chi connectivity index (χ0n) is 6.26. The van der Waals surface area contributed by atoms with Gasteiger partial charge in [0.15, 0.2) is 0 Å². The fourth-order valence-corrected chi connectivity index (χ4v) is 1.81. The smallest absolute Gasteiger partial charge is 0.326 e. The van der Waals surface area contributed by atoms with Gasteiger partial charge < -0.3 is 10.0 Å². The number of alkyl halides is 2. The molecule has 0 amide bonds. The third kappa shape index (κ3) is 2.41. The van der Waals surface area contributed by atoms with Crippen LogP contribution in [0.1, 0.15) is 12.0 Å². The second-order valence-electron chi connectivity index (χ2n) is 2.09. The van der Waals surface area contributed by atoms with Crippen LogP contribution in [0.2, 0.25) is 4.34 Å². The highest BCUT2D eigenvalue weighted by atomic mass is 35.5. The second-order valence-corrected chi connectivity index (χ2v) is 3.57. The van der Waals surface area contributed by atoms with Gasteiger partial charge in [0.05, 0.1) is 11.3 Å². The van der Waals surface area contributed by atoms with Crippen molar-refractivity contribution < 1.29 is 13.6 Å². The van der Waals surface area contributed by atoms with Gasteiger partial charge in [0, 0.05) is 5.38 Å². The molecule has 69 valence electrons. The van der Waals surface area contributed by atoms with Crippen LogP contribution < -0.4 is 5.23 Å². The van der Waals surface area contributed by atoms with Gasteiger partial charge in [-0.25, -0.2) is 8.78 Å². The van der Waals surface area contributed by atoms with E-state index in [2.05, 4.69) is 5.23 Å². The summed E-state index contributed by atoms with van der Waals surface area (Å²) in [4.78, 5) is 9.95. The lowest BCUT2D eigenvalue weighted by Crippen LogP contribution is -2.08. The third-order valence-electron chi connectivity index (χ3n) is 1.31. The fraction of sp³-hybridized carbons (Fsp3) is 0.167. The van der Waals surface area contributed by atoms with E-state index in [1.54, 1.807) is 0 Å². The first-order valence-corrected chi connectivity index (χ1v) is 4.51. The Labute approximate surface area is 83.2 Å². The molecule has 0 atom stereocenters. The van der Waals surface area contributed by atoms with Crippen LogP contribution in [0.5, 0.6) is 0 Å². The molecule has 0 unspecified atom stereocenters. The lowest BCUT2D eigenvalue weighted by Gasteiger charge is -2.03. The summed E-state index contributed by atoms with van der Waals surface area (Å²) < 4.78 is 24.8. The summed E-state index contributed by atoms with van der Waals surface area (Å²) in [6.45, 7) is 0. The van der Waals surface area contributed by atoms with E-state index in [1.807, 2.05) is 0 Å². The molecule has 7 heteroatoms. The van der Waals surface area contributed by atoms with Crippen LogP contribution in [0.15, 0.2) is 5.38 Å². The van der Waals surface area contributed by atoms with Crippen LogP contribution in [-0.4, -0.2) is 13.6 Å².